The van der Waals surface area contributed by atoms with Gasteiger partial charge in [0.1, 0.15) is 11.6 Å². The van der Waals surface area contributed by atoms with Crippen LogP contribution in [0.25, 0.3) is 0 Å². The number of benzene rings is 1. The third-order valence-corrected chi connectivity index (χ3v) is 4.35. The molecule has 0 fully saturated rings. The summed E-state index contributed by atoms with van der Waals surface area (Å²) < 4.78 is 27.2. The van der Waals surface area contributed by atoms with Crippen molar-refractivity contribution in [2.75, 3.05) is 0 Å². The summed E-state index contributed by atoms with van der Waals surface area (Å²) in [6.45, 7) is 5.57. The standard InChI is InChI=1S/C20H24ClF2N3O2.2ClH/c1-20(2,3)26-19(28)12-5-4-6-25-17(12)10-18(27)16(24)8-11-7-13(21)15(23)9-14(11)22;;/h4-7,9,16,18,27H,8,10,24H2,1-3H3,(H,26,28);2*1H/t16-,18+;;/m1../s1. The zero-order valence-electron chi connectivity index (χ0n) is 16.8. The van der Waals surface area contributed by atoms with Gasteiger partial charge in [0, 0.05) is 30.3 Å². The van der Waals surface area contributed by atoms with Gasteiger partial charge in [-0.3, -0.25) is 9.78 Å². The van der Waals surface area contributed by atoms with Gasteiger partial charge in [0.15, 0.2) is 0 Å². The smallest absolute Gasteiger partial charge is 0.253 e. The van der Waals surface area contributed by atoms with Gasteiger partial charge in [-0.2, -0.15) is 0 Å². The maximum atomic E-state index is 13.9. The fraction of sp³-hybridized carbons (Fsp3) is 0.400. The molecule has 0 aliphatic heterocycles. The van der Waals surface area contributed by atoms with Crippen LogP contribution in [0.1, 0.15) is 42.4 Å². The Morgan fingerprint density at radius 2 is 1.87 bits per heavy atom. The molecule has 1 amide bonds. The van der Waals surface area contributed by atoms with Crippen molar-refractivity contribution in [3.05, 3.63) is 63.9 Å². The summed E-state index contributed by atoms with van der Waals surface area (Å²) in [6.07, 6.45) is 0.370. The van der Waals surface area contributed by atoms with E-state index in [0.29, 0.717) is 17.3 Å². The highest BCUT2D eigenvalue weighted by Gasteiger charge is 2.23. The van der Waals surface area contributed by atoms with Crippen molar-refractivity contribution in [3.63, 3.8) is 0 Å². The number of aromatic nitrogens is 1. The average Bonchev–Trinajstić information content (AvgIpc) is 2.58. The van der Waals surface area contributed by atoms with Crippen LogP contribution in [0.2, 0.25) is 5.02 Å². The van der Waals surface area contributed by atoms with E-state index in [4.69, 9.17) is 17.3 Å². The molecule has 2 aromatic rings. The molecule has 0 spiro atoms. The zero-order chi connectivity index (χ0) is 21.1. The Morgan fingerprint density at radius 1 is 1.23 bits per heavy atom. The van der Waals surface area contributed by atoms with E-state index in [-0.39, 0.29) is 54.1 Å². The van der Waals surface area contributed by atoms with Gasteiger partial charge in [0.2, 0.25) is 0 Å². The van der Waals surface area contributed by atoms with Gasteiger partial charge < -0.3 is 16.2 Å². The average molecular weight is 485 g/mol. The highest BCUT2D eigenvalue weighted by molar-refractivity contribution is 6.30. The first kappa shape index (κ1) is 28.5. The molecule has 0 aliphatic rings. The second-order valence-corrected chi connectivity index (χ2v) is 8.11. The van der Waals surface area contributed by atoms with E-state index in [2.05, 4.69) is 10.3 Å². The van der Waals surface area contributed by atoms with Crippen LogP contribution in [0.15, 0.2) is 30.5 Å². The monoisotopic (exact) mass is 483 g/mol. The summed E-state index contributed by atoms with van der Waals surface area (Å²) in [4.78, 5) is 16.7. The third-order valence-electron chi connectivity index (χ3n) is 4.07. The minimum Gasteiger partial charge on any atom is -0.391 e. The SMILES string of the molecule is CC(C)(C)NC(=O)c1cccnc1C[C@H](O)[C@H](N)Cc1cc(Cl)c(F)cc1F.Cl.Cl. The fourth-order valence-corrected chi connectivity index (χ4v) is 2.86. The molecule has 168 valence electrons. The van der Waals surface area contributed by atoms with Gasteiger partial charge in [-0.1, -0.05) is 11.6 Å². The maximum absolute atomic E-state index is 13.9. The maximum Gasteiger partial charge on any atom is 0.253 e. The van der Waals surface area contributed by atoms with E-state index in [1.807, 2.05) is 20.8 Å². The molecule has 0 unspecified atom stereocenters. The van der Waals surface area contributed by atoms with Gasteiger partial charge in [-0.15, -0.1) is 24.8 Å². The topological polar surface area (TPSA) is 88.2 Å². The number of pyridine rings is 1. The molecule has 1 aromatic carbocycles. The van der Waals surface area contributed by atoms with Crippen LogP contribution in [-0.2, 0) is 12.8 Å². The fourth-order valence-electron chi connectivity index (χ4n) is 2.67. The van der Waals surface area contributed by atoms with Gasteiger partial charge in [-0.05, 0) is 51.0 Å². The van der Waals surface area contributed by atoms with Crippen LogP contribution >= 0.6 is 36.4 Å². The van der Waals surface area contributed by atoms with Crippen molar-refractivity contribution in [2.45, 2.75) is 51.3 Å². The number of nitrogens with zero attached hydrogens (tertiary/aromatic N) is 1. The van der Waals surface area contributed by atoms with Crippen LogP contribution < -0.4 is 11.1 Å². The Balaban J connectivity index is 0.00000420. The second kappa shape index (κ2) is 11.8. The van der Waals surface area contributed by atoms with E-state index in [9.17, 15) is 18.7 Å². The molecule has 0 aliphatic carbocycles. The Kier molecular flexibility index (Phi) is 11.2. The predicted molar refractivity (Wildman–Crippen MR) is 119 cm³/mol. The molecule has 0 bridgehead atoms. The number of nitrogens with one attached hydrogen (secondary N) is 1. The van der Waals surface area contributed by atoms with Gasteiger partial charge >= 0.3 is 0 Å². The molecular weight excluding hydrogens is 459 g/mol. The summed E-state index contributed by atoms with van der Waals surface area (Å²) in [5, 5.41) is 13.1. The van der Waals surface area contributed by atoms with Crippen molar-refractivity contribution in [1.29, 1.82) is 0 Å². The number of carbonyl (C=O) groups excluding carboxylic acids is 1. The molecule has 2 atom stereocenters. The van der Waals surface area contributed by atoms with E-state index in [1.54, 1.807) is 12.1 Å². The minimum absolute atomic E-state index is 0. The molecule has 1 heterocycles. The molecule has 5 nitrogen and oxygen atoms in total. The lowest BCUT2D eigenvalue weighted by atomic mass is 9.96. The lowest BCUT2D eigenvalue weighted by Gasteiger charge is -2.23. The Bertz CT molecular complexity index is 864. The van der Waals surface area contributed by atoms with E-state index in [1.165, 1.54) is 6.20 Å². The third kappa shape index (κ3) is 7.96. The van der Waals surface area contributed by atoms with Crippen LogP contribution in [0.4, 0.5) is 8.78 Å². The van der Waals surface area contributed by atoms with Crippen LogP contribution in [-0.4, -0.2) is 33.7 Å². The molecule has 2 rings (SSSR count). The summed E-state index contributed by atoms with van der Waals surface area (Å²) in [5.74, 6) is -1.96. The van der Waals surface area contributed by atoms with Crippen LogP contribution in [0, 0.1) is 11.6 Å². The van der Waals surface area contributed by atoms with Crippen LogP contribution in [0.3, 0.4) is 0 Å². The largest absolute Gasteiger partial charge is 0.391 e. The Morgan fingerprint density at radius 3 is 2.47 bits per heavy atom. The van der Waals surface area contributed by atoms with Crippen molar-refractivity contribution in [1.82, 2.24) is 10.3 Å². The molecule has 10 heteroatoms. The lowest BCUT2D eigenvalue weighted by Crippen LogP contribution is -2.42. The van der Waals surface area contributed by atoms with Crippen molar-refractivity contribution in [3.8, 4) is 0 Å². The normalized spacial score (nSPS) is 12.9. The van der Waals surface area contributed by atoms with E-state index in [0.717, 1.165) is 6.07 Å². The van der Waals surface area contributed by atoms with Crippen LogP contribution in [0.5, 0.6) is 0 Å². The Labute approximate surface area is 192 Å². The number of hydrogen-bond donors (Lipinski definition) is 3. The molecule has 1 aromatic heterocycles. The number of carbonyl (C=O) groups is 1. The summed E-state index contributed by atoms with van der Waals surface area (Å²) in [6, 6.07) is 4.22. The van der Waals surface area contributed by atoms with Gasteiger partial charge in [0.05, 0.1) is 22.4 Å². The number of nitrogens with two attached hydrogens (primary N) is 1. The molecule has 30 heavy (non-hydrogen) atoms. The van der Waals surface area contributed by atoms with E-state index < -0.39 is 29.3 Å². The number of aliphatic hydroxyl groups excluding tert-OH is 1. The van der Waals surface area contributed by atoms with Gasteiger partial charge in [0.25, 0.3) is 5.91 Å². The second-order valence-electron chi connectivity index (χ2n) is 7.70. The summed E-state index contributed by atoms with van der Waals surface area (Å²) >= 11 is 5.69. The highest BCUT2D eigenvalue weighted by atomic mass is 35.5. The molecule has 0 saturated carbocycles. The van der Waals surface area contributed by atoms with Crippen molar-refractivity contribution < 1.29 is 18.7 Å². The molecular formula is C20H26Cl3F2N3O2. The number of aliphatic hydroxyl groups is 1. The zero-order valence-corrected chi connectivity index (χ0v) is 19.2. The lowest BCUT2D eigenvalue weighted by molar-refractivity contribution is 0.0916. The first-order valence-corrected chi connectivity index (χ1v) is 9.19. The van der Waals surface area contributed by atoms with Crippen molar-refractivity contribution in [2.24, 2.45) is 5.73 Å². The van der Waals surface area contributed by atoms with E-state index >= 15 is 0 Å². The molecule has 0 radical (unpaired) electrons. The van der Waals surface area contributed by atoms with Crippen molar-refractivity contribution >= 4 is 42.3 Å². The molecule has 0 saturated heterocycles. The minimum atomic E-state index is -1.10. The summed E-state index contributed by atoms with van der Waals surface area (Å²) in [5.41, 5.74) is 6.38. The highest BCUT2D eigenvalue weighted by Crippen LogP contribution is 2.21. The van der Waals surface area contributed by atoms with Gasteiger partial charge in [-0.25, -0.2) is 8.78 Å². The Hall–Kier alpha value is -1.51. The predicted octanol–water partition coefficient (Wildman–Crippen LogP) is 3.86. The number of amides is 1. The number of halogens is 5. The number of rotatable bonds is 6. The first-order chi connectivity index (χ1) is 13.0. The first-order valence-electron chi connectivity index (χ1n) is 8.81. The summed E-state index contributed by atoms with van der Waals surface area (Å²) in [7, 11) is 0. The quantitative estimate of drug-likeness (QED) is 0.543. The molecule has 4 N–H and O–H groups in total. The number of hydrogen-bond acceptors (Lipinski definition) is 4.